The highest BCUT2D eigenvalue weighted by Gasteiger charge is 2.42. The van der Waals surface area contributed by atoms with Crippen molar-refractivity contribution in [3.63, 3.8) is 0 Å². The minimum absolute atomic E-state index is 0.00955. The van der Waals surface area contributed by atoms with Gasteiger partial charge in [-0.1, -0.05) is 19.1 Å². The summed E-state index contributed by atoms with van der Waals surface area (Å²) >= 11 is 0. The number of H-pyrrole nitrogens is 2. The molecule has 1 fully saturated rings. The molecule has 2 bridgehead atoms. The van der Waals surface area contributed by atoms with Gasteiger partial charge in [-0.05, 0) is 134 Å². The number of halogens is 4. The molecule has 6 aromatic rings. The van der Waals surface area contributed by atoms with E-state index < -0.39 is 34.4 Å². The number of likely N-dealkylation sites (tertiary alicyclic amines) is 1. The van der Waals surface area contributed by atoms with E-state index in [2.05, 4.69) is 56.5 Å². The second kappa shape index (κ2) is 18.1. The summed E-state index contributed by atoms with van der Waals surface area (Å²) in [6.07, 6.45) is 13.4. The Morgan fingerprint density at radius 2 is 1.39 bits per heavy atom. The third-order valence-corrected chi connectivity index (χ3v) is 11.7. The van der Waals surface area contributed by atoms with Crippen LogP contribution in [0.1, 0.15) is 70.7 Å². The maximum absolute atomic E-state index is 14.4. The second-order valence-electron chi connectivity index (χ2n) is 15.9. The molecular formula is C48H46F4N6O4. The van der Waals surface area contributed by atoms with Crippen LogP contribution in [-0.2, 0) is 22.4 Å². The van der Waals surface area contributed by atoms with Gasteiger partial charge in [0, 0.05) is 59.8 Å². The number of aryl methyl sites for hydroxylation is 4. The summed E-state index contributed by atoms with van der Waals surface area (Å²) in [7, 11) is 0. The number of nitrogens with zero attached hydrogens (tertiary/aromatic N) is 3. The molecule has 2 aromatic carbocycles. The van der Waals surface area contributed by atoms with Gasteiger partial charge in [-0.15, -0.1) is 0 Å². The summed E-state index contributed by atoms with van der Waals surface area (Å²) in [6, 6.07) is 8.65. The molecule has 10 nitrogen and oxygen atoms in total. The monoisotopic (exact) mass is 846 g/mol. The van der Waals surface area contributed by atoms with Gasteiger partial charge >= 0.3 is 0 Å². The SMILES string of the molecule is CC/C(=C\CCNC(=O)Cc1c(C)c2c(F)c(F)ccc2[nH]c1=O)c1cncc(C)c1.Cc1cncc(C2=CC3C[C@H]2N(C(=O)Cc2c(C)c4c(F)c(F)ccc4[nH]c2=O)C3)c1. The first kappa shape index (κ1) is 43.4. The van der Waals surface area contributed by atoms with E-state index in [1.807, 2.05) is 20.0 Å². The number of rotatable bonds is 10. The maximum atomic E-state index is 14.4. The lowest BCUT2D eigenvalue weighted by Crippen LogP contribution is -2.39. The van der Waals surface area contributed by atoms with E-state index in [1.54, 1.807) is 30.4 Å². The normalized spacial score (nSPS) is 15.8. The quantitative estimate of drug-likeness (QED) is 0.0943. The lowest BCUT2D eigenvalue weighted by molar-refractivity contribution is -0.130. The predicted octanol–water partition coefficient (Wildman–Crippen LogP) is 8.04. The van der Waals surface area contributed by atoms with Crippen molar-refractivity contribution in [3.05, 3.63) is 162 Å². The van der Waals surface area contributed by atoms with Crippen LogP contribution in [0.15, 0.2) is 82.9 Å². The average Bonchev–Trinajstić information content (AvgIpc) is 3.86. The molecule has 0 saturated carbocycles. The minimum atomic E-state index is -1.03. The second-order valence-corrected chi connectivity index (χ2v) is 15.9. The standard InChI is InChI=1S/C24H21F2N3O2.C24H25F2N3O2/c1-12-5-15(10-27-9-12)17-6-14-7-20(17)29(11-14)21(30)8-16-13(2)22-19(28-24(16)31)4-3-18(25)23(22)26;1-4-16(17-10-14(2)12-27-13-17)6-5-9-28-21(30)11-18-15(3)22-20(29-24(18)31)8-7-19(25)23(22)26/h3-6,9-10,14,20H,7-8,11H2,1-2H3,(H,28,31);6-8,10,12-13H,4-5,9,11H2,1-3H3,(H,28,30)(H,29,31)/b;16-6+/t14?,20-;/m1./s1. The highest BCUT2D eigenvalue weighted by Crippen LogP contribution is 2.42. The molecule has 3 N–H and O–H groups in total. The molecule has 1 aliphatic carbocycles. The molecule has 8 rings (SSSR count). The molecule has 2 aliphatic rings. The van der Waals surface area contributed by atoms with Crippen molar-refractivity contribution < 1.29 is 27.2 Å². The first-order valence-corrected chi connectivity index (χ1v) is 20.4. The largest absolute Gasteiger partial charge is 0.356 e. The van der Waals surface area contributed by atoms with Crippen LogP contribution >= 0.6 is 0 Å². The Morgan fingerprint density at radius 3 is 1.95 bits per heavy atom. The van der Waals surface area contributed by atoms with Crippen LogP contribution in [0.4, 0.5) is 17.6 Å². The van der Waals surface area contributed by atoms with Gasteiger partial charge in [0.05, 0.1) is 29.9 Å². The zero-order valence-electron chi connectivity index (χ0n) is 35.0. The zero-order valence-corrected chi connectivity index (χ0v) is 35.0. The summed E-state index contributed by atoms with van der Waals surface area (Å²) in [5.74, 6) is -4.31. The third-order valence-electron chi connectivity index (χ3n) is 11.7. The van der Waals surface area contributed by atoms with E-state index >= 15 is 0 Å². The maximum Gasteiger partial charge on any atom is 0.252 e. The van der Waals surface area contributed by atoms with Crippen molar-refractivity contribution >= 4 is 44.8 Å². The van der Waals surface area contributed by atoms with E-state index in [4.69, 9.17) is 0 Å². The Kier molecular flexibility index (Phi) is 12.7. The summed E-state index contributed by atoms with van der Waals surface area (Å²) in [6.45, 7) is 10.1. The fraction of sp³-hybridized carbons (Fsp3) is 0.292. The lowest BCUT2D eigenvalue weighted by atomic mass is 9.98. The molecule has 5 heterocycles. The van der Waals surface area contributed by atoms with Crippen molar-refractivity contribution in [1.82, 2.24) is 30.2 Å². The molecule has 320 valence electrons. The van der Waals surface area contributed by atoms with Gasteiger partial charge in [0.15, 0.2) is 23.3 Å². The van der Waals surface area contributed by atoms with Gasteiger partial charge in [-0.2, -0.15) is 0 Å². The van der Waals surface area contributed by atoms with E-state index in [0.29, 0.717) is 25.1 Å². The molecular weight excluding hydrogens is 801 g/mol. The Bertz CT molecular complexity index is 2940. The Hall–Kier alpha value is -6.70. The molecule has 0 radical (unpaired) electrons. The Morgan fingerprint density at radius 1 is 0.806 bits per heavy atom. The van der Waals surface area contributed by atoms with Crippen LogP contribution in [0, 0.1) is 56.9 Å². The number of allylic oxidation sites excluding steroid dienone is 1. The molecule has 1 unspecified atom stereocenters. The number of hydrogen-bond donors (Lipinski definition) is 3. The average molecular weight is 847 g/mol. The van der Waals surface area contributed by atoms with E-state index in [9.17, 15) is 36.7 Å². The van der Waals surface area contributed by atoms with Crippen molar-refractivity contribution in [2.45, 2.75) is 72.8 Å². The Balaban J connectivity index is 0.000000186. The predicted molar refractivity (Wildman–Crippen MR) is 231 cm³/mol. The number of fused-ring (bicyclic) bond motifs is 4. The summed E-state index contributed by atoms with van der Waals surface area (Å²) in [5, 5.41) is 2.78. The molecule has 0 spiro atoms. The van der Waals surface area contributed by atoms with E-state index in [0.717, 1.165) is 58.4 Å². The number of hydrogen-bond acceptors (Lipinski definition) is 6. The van der Waals surface area contributed by atoms with Crippen LogP contribution in [0.5, 0.6) is 0 Å². The van der Waals surface area contributed by atoms with Crippen molar-refractivity contribution in [2.24, 2.45) is 5.92 Å². The fourth-order valence-corrected chi connectivity index (χ4v) is 8.56. The fourth-order valence-electron chi connectivity index (χ4n) is 8.56. The number of amides is 2. The molecule has 1 saturated heterocycles. The van der Waals surface area contributed by atoms with Crippen LogP contribution < -0.4 is 16.4 Å². The number of pyridine rings is 4. The van der Waals surface area contributed by atoms with Gasteiger partial charge in [-0.3, -0.25) is 29.1 Å². The third kappa shape index (κ3) is 8.86. The van der Waals surface area contributed by atoms with Crippen LogP contribution in [0.3, 0.4) is 0 Å². The van der Waals surface area contributed by atoms with Crippen LogP contribution in [0.2, 0.25) is 0 Å². The number of benzene rings is 2. The molecule has 4 aromatic heterocycles. The number of carbonyl (C=O) groups is 2. The van der Waals surface area contributed by atoms with E-state index in [-0.39, 0.29) is 75.1 Å². The van der Waals surface area contributed by atoms with Gasteiger partial charge in [-0.25, -0.2) is 17.6 Å². The first-order valence-electron chi connectivity index (χ1n) is 20.4. The number of nitrogens with one attached hydrogen (secondary N) is 3. The first-order chi connectivity index (χ1) is 29.6. The number of aromatic amines is 2. The smallest absolute Gasteiger partial charge is 0.252 e. The number of carbonyl (C=O) groups excluding carboxylic acids is 2. The topological polar surface area (TPSA) is 141 Å². The number of aromatic nitrogens is 4. The van der Waals surface area contributed by atoms with Crippen molar-refractivity contribution in [3.8, 4) is 0 Å². The highest BCUT2D eigenvalue weighted by molar-refractivity contribution is 5.89. The van der Waals surface area contributed by atoms with Crippen molar-refractivity contribution in [2.75, 3.05) is 13.1 Å². The molecule has 62 heavy (non-hydrogen) atoms. The lowest BCUT2D eigenvalue weighted by Gasteiger charge is -2.29. The minimum Gasteiger partial charge on any atom is -0.356 e. The van der Waals surface area contributed by atoms with Gasteiger partial charge in [0.2, 0.25) is 11.8 Å². The molecule has 2 amide bonds. The Labute approximate surface area is 354 Å². The zero-order chi connectivity index (χ0) is 44.4. The van der Waals surface area contributed by atoms with Crippen molar-refractivity contribution in [1.29, 1.82) is 0 Å². The summed E-state index contributed by atoms with van der Waals surface area (Å²) in [4.78, 5) is 65.9. The van der Waals surface area contributed by atoms with Gasteiger partial charge < -0.3 is 20.2 Å². The van der Waals surface area contributed by atoms with Gasteiger partial charge in [0.1, 0.15) is 0 Å². The summed E-state index contributed by atoms with van der Waals surface area (Å²) < 4.78 is 56.0. The van der Waals surface area contributed by atoms with Crippen LogP contribution in [-0.4, -0.2) is 55.8 Å². The molecule has 2 atom stereocenters. The summed E-state index contributed by atoms with van der Waals surface area (Å²) in [5.41, 5.74) is 6.77. The van der Waals surface area contributed by atoms with E-state index in [1.165, 1.54) is 19.1 Å². The van der Waals surface area contributed by atoms with Crippen LogP contribution in [0.25, 0.3) is 33.0 Å². The molecule has 14 heteroatoms. The molecule has 1 aliphatic heterocycles. The highest BCUT2D eigenvalue weighted by atomic mass is 19.2. The van der Waals surface area contributed by atoms with Gasteiger partial charge in [0.25, 0.3) is 11.1 Å².